The summed E-state index contributed by atoms with van der Waals surface area (Å²) in [6.45, 7) is 6.10. The van der Waals surface area contributed by atoms with Crippen LogP contribution in [0.2, 0.25) is 0 Å². The maximum Gasteiger partial charge on any atom is 0.407 e. The number of hydrogen-bond donors (Lipinski definition) is 1. The molecule has 0 unspecified atom stereocenters. The topological polar surface area (TPSA) is 86.2 Å². The Kier molecular flexibility index (Phi) is 5.79. The van der Waals surface area contributed by atoms with Crippen LogP contribution in [-0.2, 0) is 19.0 Å². The van der Waals surface area contributed by atoms with Gasteiger partial charge in [0.05, 0.1) is 7.11 Å². The van der Waals surface area contributed by atoms with Gasteiger partial charge in [-0.1, -0.05) is 0 Å². The van der Waals surface area contributed by atoms with Crippen molar-refractivity contribution >= 4 is 18.0 Å². The minimum Gasteiger partial charge on any atom is -0.478 e. The molecular formula is C13H22N2O5. The van der Waals surface area contributed by atoms with Gasteiger partial charge in [-0.25, -0.2) is 14.6 Å². The molecule has 0 aromatic heterocycles. The molecule has 0 fully saturated rings. The summed E-state index contributed by atoms with van der Waals surface area (Å²) < 4.78 is 15.0. The number of hydrogen-bond acceptors (Lipinski definition) is 6. The molecule has 0 aliphatic carbocycles. The zero-order valence-electron chi connectivity index (χ0n) is 12.4. The molecule has 114 valence electrons. The second-order valence-electron chi connectivity index (χ2n) is 5.41. The van der Waals surface area contributed by atoms with Gasteiger partial charge in [-0.3, -0.25) is 0 Å². The van der Waals surface area contributed by atoms with Gasteiger partial charge < -0.3 is 19.5 Å². The highest BCUT2D eigenvalue weighted by molar-refractivity contribution is 5.85. The maximum absolute atomic E-state index is 11.4. The van der Waals surface area contributed by atoms with Crippen molar-refractivity contribution in [1.82, 2.24) is 5.32 Å². The Bertz CT molecular complexity index is 387. The van der Waals surface area contributed by atoms with E-state index in [2.05, 4.69) is 15.0 Å². The molecule has 1 rings (SSSR count). The second kappa shape index (κ2) is 7.12. The lowest BCUT2D eigenvalue weighted by atomic mass is 10.2. The van der Waals surface area contributed by atoms with Gasteiger partial charge in [-0.15, -0.1) is 0 Å². The number of aliphatic imine (C=N–C) groups is 1. The third-order valence-corrected chi connectivity index (χ3v) is 2.42. The highest BCUT2D eigenvalue weighted by Crippen LogP contribution is 2.10. The summed E-state index contributed by atoms with van der Waals surface area (Å²) >= 11 is 0. The number of alkyl carbamates (subject to hydrolysis) is 1. The van der Waals surface area contributed by atoms with Crippen molar-refractivity contribution in [1.29, 1.82) is 0 Å². The van der Waals surface area contributed by atoms with E-state index in [4.69, 9.17) is 9.47 Å². The number of carbonyl (C=O) groups is 2. The Labute approximate surface area is 118 Å². The molecule has 1 aliphatic rings. The van der Waals surface area contributed by atoms with Crippen LogP contribution in [0.4, 0.5) is 4.79 Å². The van der Waals surface area contributed by atoms with Gasteiger partial charge in [-0.05, 0) is 27.2 Å². The number of methoxy groups -OCH3 is 1. The van der Waals surface area contributed by atoms with Crippen molar-refractivity contribution in [3.8, 4) is 0 Å². The summed E-state index contributed by atoms with van der Waals surface area (Å²) in [4.78, 5) is 26.7. The number of nitrogens with zero attached hydrogens (tertiary/aromatic N) is 1. The zero-order valence-corrected chi connectivity index (χ0v) is 12.4. The number of ether oxygens (including phenoxy) is 3. The van der Waals surface area contributed by atoms with Crippen LogP contribution < -0.4 is 5.32 Å². The SMILES string of the molecule is COC(=O)[C@@H]1COC(CCCNC(=O)OC(C)(C)C)=N1. The molecule has 0 saturated heterocycles. The first-order valence-corrected chi connectivity index (χ1v) is 6.56. The monoisotopic (exact) mass is 286 g/mol. The number of amides is 1. The molecule has 0 radical (unpaired) electrons. The lowest BCUT2D eigenvalue weighted by Gasteiger charge is -2.19. The summed E-state index contributed by atoms with van der Waals surface area (Å²) in [5.74, 6) is 0.123. The van der Waals surface area contributed by atoms with Crippen LogP contribution in [0.1, 0.15) is 33.6 Å². The van der Waals surface area contributed by atoms with E-state index in [0.29, 0.717) is 25.3 Å². The smallest absolute Gasteiger partial charge is 0.407 e. The van der Waals surface area contributed by atoms with Gasteiger partial charge in [0.25, 0.3) is 0 Å². The van der Waals surface area contributed by atoms with E-state index in [9.17, 15) is 9.59 Å². The second-order valence-corrected chi connectivity index (χ2v) is 5.41. The Hall–Kier alpha value is -1.79. The molecule has 1 amide bonds. The molecular weight excluding hydrogens is 264 g/mol. The quantitative estimate of drug-likeness (QED) is 0.607. The van der Waals surface area contributed by atoms with E-state index in [1.807, 2.05) is 0 Å². The fourth-order valence-electron chi connectivity index (χ4n) is 1.56. The van der Waals surface area contributed by atoms with Crippen LogP contribution in [0.15, 0.2) is 4.99 Å². The van der Waals surface area contributed by atoms with E-state index in [1.54, 1.807) is 20.8 Å². The van der Waals surface area contributed by atoms with Gasteiger partial charge in [0.15, 0.2) is 11.9 Å². The summed E-state index contributed by atoms with van der Waals surface area (Å²) in [5.41, 5.74) is -0.504. The van der Waals surface area contributed by atoms with E-state index < -0.39 is 23.7 Å². The van der Waals surface area contributed by atoms with Crippen molar-refractivity contribution < 1.29 is 23.8 Å². The molecule has 0 saturated carbocycles. The van der Waals surface area contributed by atoms with Crippen LogP contribution in [0.5, 0.6) is 0 Å². The van der Waals surface area contributed by atoms with Gasteiger partial charge in [0, 0.05) is 13.0 Å². The average molecular weight is 286 g/mol. The first kappa shape index (κ1) is 16.3. The van der Waals surface area contributed by atoms with E-state index in [0.717, 1.165) is 0 Å². The molecule has 1 N–H and O–H groups in total. The van der Waals surface area contributed by atoms with Crippen LogP contribution >= 0.6 is 0 Å². The minimum absolute atomic E-state index is 0.224. The summed E-state index contributed by atoms with van der Waals surface area (Å²) in [7, 11) is 1.32. The van der Waals surface area contributed by atoms with Gasteiger partial charge in [0.1, 0.15) is 12.2 Å². The number of carbonyl (C=O) groups excluding carboxylic acids is 2. The molecule has 7 nitrogen and oxygen atoms in total. The van der Waals surface area contributed by atoms with Gasteiger partial charge >= 0.3 is 12.1 Å². The van der Waals surface area contributed by atoms with Gasteiger partial charge in [0.2, 0.25) is 0 Å². The fourth-order valence-corrected chi connectivity index (χ4v) is 1.56. The molecule has 1 aliphatic heterocycles. The first-order chi connectivity index (χ1) is 9.31. The molecule has 1 heterocycles. The van der Waals surface area contributed by atoms with Crippen molar-refractivity contribution in [3.05, 3.63) is 0 Å². The lowest BCUT2D eigenvalue weighted by molar-refractivity contribution is -0.142. The molecule has 20 heavy (non-hydrogen) atoms. The van der Waals surface area contributed by atoms with Crippen molar-refractivity contribution in [2.45, 2.75) is 45.3 Å². The highest BCUT2D eigenvalue weighted by atomic mass is 16.6. The average Bonchev–Trinajstić information content (AvgIpc) is 2.80. The molecule has 0 aromatic carbocycles. The van der Waals surface area contributed by atoms with E-state index in [-0.39, 0.29) is 6.61 Å². The molecule has 0 bridgehead atoms. The number of rotatable bonds is 5. The molecule has 0 spiro atoms. The number of esters is 1. The number of nitrogens with one attached hydrogen (secondary N) is 1. The Morgan fingerprint density at radius 1 is 1.45 bits per heavy atom. The van der Waals surface area contributed by atoms with Crippen LogP contribution in [0.3, 0.4) is 0 Å². The zero-order chi connectivity index (χ0) is 15.2. The van der Waals surface area contributed by atoms with Crippen molar-refractivity contribution in [3.63, 3.8) is 0 Å². The van der Waals surface area contributed by atoms with Crippen LogP contribution in [-0.4, -0.2) is 49.9 Å². The minimum atomic E-state index is -0.561. The molecule has 0 aromatic rings. The molecule has 7 heteroatoms. The van der Waals surface area contributed by atoms with Crippen LogP contribution in [0.25, 0.3) is 0 Å². The molecule has 1 atom stereocenters. The van der Waals surface area contributed by atoms with E-state index in [1.165, 1.54) is 7.11 Å². The predicted octanol–water partition coefficient (Wildman–Crippen LogP) is 1.26. The van der Waals surface area contributed by atoms with Crippen molar-refractivity contribution in [2.75, 3.05) is 20.3 Å². The summed E-state index contributed by atoms with van der Waals surface area (Å²) in [5, 5.41) is 2.64. The fraction of sp³-hybridized carbons (Fsp3) is 0.769. The summed E-state index contributed by atoms with van der Waals surface area (Å²) in [6, 6.07) is -0.561. The standard InChI is InChI=1S/C13H22N2O5/c1-13(2,3)20-12(17)14-7-5-6-10-15-9(8-19-10)11(16)18-4/h9H,5-8H2,1-4H3,(H,14,17)/t9-/m0/s1. The first-order valence-electron chi connectivity index (χ1n) is 6.56. The summed E-state index contributed by atoms with van der Waals surface area (Å²) in [6.07, 6.45) is 0.772. The maximum atomic E-state index is 11.4. The highest BCUT2D eigenvalue weighted by Gasteiger charge is 2.26. The van der Waals surface area contributed by atoms with Crippen molar-refractivity contribution in [2.24, 2.45) is 4.99 Å². The third-order valence-electron chi connectivity index (χ3n) is 2.42. The lowest BCUT2D eigenvalue weighted by Crippen LogP contribution is -2.33. The Morgan fingerprint density at radius 3 is 2.75 bits per heavy atom. The van der Waals surface area contributed by atoms with E-state index >= 15 is 0 Å². The third kappa shape index (κ3) is 5.90. The normalized spacial score (nSPS) is 18.0. The Morgan fingerprint density at radius 2 is 2.15 bits per heavy atom. The van der Waals surface area contributed by atoms with Gasteiger partial charge in [-0.2, -0.15) is 0 Å². The largest absolute Gasteiger partial charge is 0.478 e. The van der Waals surface area contributed by atoms with Crippen LogP contribution in [0, 0.1) is 0 Å². The predicted molar refractivity (Wildman–Crippen MR) is 72.7 cm³/mol. The Balaban J connectivity index is 2.19.